The molecule has 0 saturated carbocycles. The van der Waals surface area contributed by atoms with Gasteiger partial charge in [-0.1, -0.05) is 12.1 Å². The predicted octanol–water partition coefficient (Wildman–Crippen LogP) is 1.99. The van der Waals surface area contributed by atoms with E-state index >= 15 is 0 Å². The van der Waals surface area contributed by atoms with Crippen LogP contribution >= 0.6 is 0 Å². The SMILES string of the molecule is COc1ccc(C(=O)N2CCN(S(=O)(=O)c3ccccc3F)CC2)cc1OC. The third-order valence-electron chi connectivity index (χ3n) is 4.61. The summed E-state index contributed by atoms with van der Waals surface area (Å²) in [6, 6.07) is 10.1. The zero-order chi connectivity index (χ0) is 20.3. The molecule has 2 aromatic carbocycles. The minimum Gasteiger partial charge on any atom is -0.493 e. The smallest absolute Gasteiger partial charge is 0.254 e. The van der Waals surface area contributed by atoms with Crippen molar-refractivity contribution in [3.63, 3.8) is 0 Å². The Morgan fingerprint density at radius 1 is 0.964 bits per heavy atom. The standard InChI is InChI=1S/C19H21FN2O5S/c1-26-16-8-7-14(13-17(16)27-2)19(23)21-9-11-22(12-10-21)28(24,25)18-6-4-3-5-15(18)20/h3-8,13H,9-12H2,1-2H3. The number of sulfonamides is 1. The van der Waals surface area contributed by atoms with Crippen molar-refractivity contribution in [1.29, 1.82) is 0 Å². The number of amides is 1. The zero-order valence-corrected chi connectivity index (χ0v) is 16.4. The quantitative estimate of drug-likeness (QED) is 0.756. The summed E-state index contributed by atoms with van der Waals surface area (Å²) in [7, 11) is -0.949. The van der Waals surface area contributed by atoms with Gasteiger partial charge in [0.15, 0.2) is 11.5 Å². The lowest BCUT2D eigenvalue weighted by molar-refractivity contribution is 0.0697. The van der Waals surface area contributed by atoms with Crippen molar-refractivity contribution < 1.29 is 27.1 Å². The monoisotopic (exact) mass is 408 g/mol. The van der Waals surface area contributed by atoms with Gasteiger partial charge in [-0.15, -0.1) is 0 Å². The first kappa shape index (κ1) is 20.1. The Bertz CT molecular complexity index is 972. The molecule has 2 aromatic rings. The van der Waals surface area contributed by atoms with Crippen LogP contribution in [0.15, 0.2) is 47.4 Å². The summed E-state index contributed by atoms with van der Waals surface area (Å²) in [6.45, 7) is 0.604. The molecule has 0 unspecified atom stereocenters. The fourth-order valence-electron chi connectivity index (χ4n) is 3.08. The Balaban J connectivity index is 1.72. The van der Waals surface area contributed by atoms with Crippen LogP contribution in [-0.4, -0.2) is 63.9 Å². The van der Waals surface area contributed by atoms with Crippen LogP contribution in [0.3, 0.4) is 0 Å². The molecule has 7 nitrogen and oxygen atoms in total. The largest absolute Gasteiger partial charge is 0.493 e. The summed E-state index contributed by atoms with van der Waals surface area (Å²) in [6.07, 6.45) is 0. The van der Waals surface area contributed by atoms with E-state index in [4.69, 9.17) is 9.47 Å². The highest BCUT2D eigenvalue weighted by atomic mass is 32.2. The molecule has 3 rings (SSSR count). The molecule has 0 spiro atoms. The third-order valence-corrected chi connectivity index (χ3v) is 6.54. The number of hydrogen-bond donors (Lipinski definition) is 0. The number of ether oxygens (including phenoxy) is 2. The molecule has 0 N–H and O–H groups in total. The van der Waals surface area contributed by atoms with Crippen molar-refractivity contribution in [3.05, 3.63) is 53.8 Å². The number of benzene rings is 2. The number of carbonyl (C=O) groups is 1. The van der Waals surface area contributed by atoms with Gasteiger partial charge in [0, 0.05) is 31.7 Å². The fourth-order valence-corrected chi connectivity index (χ4v) is 4.56. The van der Waals surface area contributed by atoms with Gasteiger partial charge in [0.2, 0.25) is 10.0 Å². The molecule has 0 aromatic heterocycles. The van der Waals surface area contributed by atoms with Crippen LogP contribution in [0.4, 0.5) is 4.39 Å². The first-order valence-corrected chi connectivity index (χ1v) is 10.1. The van der Waals surface area contributed by atoms with E-state index < -0.39 is 15.8 Å². The van der Waals surface area contributed by atoms with Gasteiger partial charge in [-0.25, -0.2) is 12.8 Å². The third kappa shape index (κ3) is 3.81. The van der Waals surface area contributed by atoms with Crippen LogP contribution < -0.4 is 9.47 Å². The van der Waals surface area contributed by atoms with E-state index in [1.165, 1.54) is 36.7 Å². The number of hydrogen-bond acceptors (Lipinski definition) is 5. The van der Waals surface area contributed by atoms with Crippen molar-refractivity contribution >= 4 is 15.9 Å². The van der Waals surface area contributed by atoms with E-state index in [-0.39, 0.29) is 37.0 Å². The summed E-state index contributed by atoms with van der Waals surface area (Å²) in [4.78, 5) is 14.0. The van der Waals surface area contributed by atoms with E-state index in [0.717, 1.165) is 6.07 Å². The van der Waals surface area contributed by atoms with E-state index in [2.05, 4.69) is 0 Å². The molecule has 150 valence electrons. The minimum absolute atomic E-state index is 0.0930. The number of methoxy groups -OCH3 is 2. The van der Waals surface area contributed by atoms with Gasteiger partial charge >= 0.3 is 0 Å². The molecule has 0 atom stereocenters. The Kier molecular flexibility index (Phi) is 5.85. The molecule has 0 bridgehead atoms. The lowest BCUT2D eigenvalue weighted by Crippen LogP contribution is -2.50. The molecular formula is C19H21FN2O5S. The topological polar surface area (TPSA) is 76.2 Å². The maximum absolute atomic E-state index is 13.9. The number of piperazine rings is 1. The molecule has 1 heterocycles. The molecule has 1 amide bonds. The summed E-state index contributed by atoms with van der Waals surface area (Å²) in [5, 5.41) is 0. The molecule has 28 heavy (non-hydrogen) atoms. The van der Waals surface area contributed by atoms with Crippen LogP contribution in [0.1, 0.15) is 10.4 Å². The molecule has 1 aliphatic rings. The first-order valence-electron chi connectivity index (χ1n) is 8.64. The lowest BCUT2D eigenvalue weighted by atomic mass is 10.1. The van der Waals surface area contributed by atoms with Crippen LogP contribution in [-0.2, 0) is 10.0 Å². The van der Waals surface area contributed by atoms with Gasteiger partial charge in [-0.3, -0.25) is 4.79 Å². The second-order valence-corrected chi connectivity index (χ2v) is 8.10. The van der Waals surface area contributed by atoms with Crippen molar-refractivity contribution in [1.82, 2.24) is 9.21 Å². The van der Waals surface area contributed by atoms with E-state index in [9.17, 15) is 17.6 Å². The average molecular weight is 408 g/mol. The second kappa shape index (κ2) is 8.15. The molecule has 1 fully saturated rings. The van der Waals surface area contributed by atoms with Crippen LogP contribution in [0.25, 0.3) is 0 Å². The maximum Gasteiger partial charge on any atom is 0.254 e. The fraction of sp³-hybridized carbons (Fsp3) is 0.316. The molecule has 9 heteroatoms. The number of nitrogens with zero attached hydrogens (tertiary/aromatic N) is 2. The van der Waals surface area contributed by atoms with E-state index in [1.807, 2.05) is 0 Å². The minimum atomic E-state index is -3.94. The first-order chi connectivity index (χ1) is 13.4. The van der Waals surface area contributed by atoms with Crippen molar-refractivity contribution in [3.8, 4) is 11.5 Å². The van der Waals surface area contributed by atoms with Crippen molar-refractivity contribution in [2.75, 3.05) is 40.4 Å². The Morgan fingerprint density at radius 2 is 1.61 bits per heavy atom. The Hall–Kier alpha value is -2.65. The number of halogens is 1. The van der Waals surface area contributed by atoms with Gasteiger partial charge in [-0.05, 0) is 30.3 Å². The van der Waals surface area contributed by atoms with Crippen LogP contribution in [0.2, 0.25) is 0 Å². The van der Waals surface area contributed by atoms with Gasteiger partial charge in [0.1, 0.15) is 10.7 Å². The highest BCUT2D eigenvalue weighted by Gasteiger charge is 2.32. The number of rotatable bonds is 5. The zero-order valence-electron chi connectivity index (χ0n) is 15.6. The maximum atomic E-state index is 13.9. The summed E-state index contributed by atoms with van der Waals surface area (Å²) < 4.78 is 50.8. The normalized spacial score (nSPS) is 15.3. The molecule has 0 radical (unpaired) electrons. The Labute approximate surface area is 163 Å². The number of carbonyl (C=O) groups excluding carboxylic acids is 1. The van der Waals surface area contributed by atoms with Crippen LogP contribution in [0, 0.1) is 5.82 Å². The second-order valence-electron chi connectivity index (χ2n) is 6.20. The van der Waals surface area contributed by atoms with Crippen molar-refractivity contribution in [2.24, 2.45) is 0 Å². The van der Waals surface area contributed by atoms with Gasteiger partial charge in [0.05, 0.1) is 14.2 Å². The Morgan fingerprint density at radius 3 is 2.21 bits per heavy atom. The van der Waals surface area contributed by atoms with Crippen LogP contribution in [0.5, 0.6) is 11.5 Å². The predicted molar refractivity (Wildman–Crippen MR) is 101 cm³/mol. The van der Waals surface area contributed by atoms with Gasteiger partial charge < -0.3 is 14.4 Å². The molecule has 0 aliphatic carbocycles. The van der Waals surface area contributed by atoms with Crippen molar-refractivity contribution in [2.45, 2.75) is 4.90 Å². The molecule has 1 aliphatic heterocycles. The van der Waals surface area contributed by atoms with Gasteiger partial charge in [0.25, 0.3) is 5.91 Å². The van der Waals surface area contributed by atoms with Gasteiger partial charge in [-0.2, -0.15) is 4.31 Å². The van der Waals surface area contributed by atoms with E-state index in [1.54, 1.807) is 23.1 Å². The average Bonchev–Trinajstić information content (AvgIpc) is 2.73. The lowest BCUT2D eigenvalue weighted by Gasteiger charge is -2.34. The molecular weight excluding hydrogens is 387 g/mol. The van der Waals surface area contributed by atoms with E-state index in [0.29, 0.717) is 17.1 Å². The highest BCUT2D eigenvalue weighted by Crippen LogP contribution is 2.28. The highest BCUT2D eigenvalue weighted by molar-refractivity contribution is 7.89. The summed E-state index contributed by atoms with van der Waals surface area (Å²) in [5.74, 6) is -0.0656. The molecule has 1 saturated heterocycles. The summed E-state index contributed by atoms with van der Waals surface area (Å²) in [5.41, 5.74) is 0.420. The summed E-state index contributed by atoms with van der Waals surface area (Å²) >= 11 is 0.